The third kappa shape index (κ3) is 1.76. The van der Waals surface area contributed by atoms with E-state index in [1.54, 1.807) is 0 Å². The molecule has 3 nitrogen and oxygen atoms in total. The minimum atomic E-state index is -0.0151. The Hall–Kier alpha value is -1.30. The summed E-state index contributed by atoms with van der Waals surface area (Å²) in [5.74, 6) is 1.52. The Balaban J connectivity index is 1.69. The van der Waals surface area contributed by atoms with E-state index in [4.69, 9.17) is 0 Å². The monoisotopic (exact) mass is 229 g/mol. The fourth-order valence-electron chi connectivity index (χ4n) is 3.91. The first-order valence-corrected chi connectivity index (χ1v) is 6.61. The molecule has 3 heteroatoms. The normalized spacial score (nSPS) is 35.1. The van der Waals surface area contributed by atoms with Crippen LogP contribution < -0.4 is 0 Å². The van der Waals surface area contributed by atoms with Gasteiger partial charge in [0.25, 0.3) is 0 Å². The molecule has 3 rings (SSSR count). The highest BCUT2D eigenvalue weighted by atomic mass is 15.2. The first-order valence-electron chi connectivity index (χ1n) is 6.61. The van der Waals surface area contributed by atoms with Crippen molar-refractivity contribution < 1.29 is 0 Å². The van der Waals surface area contributed by atoms with Gasteiger partial charge in [0.2, 0.25) is 0 Å². The molecule has 2 fully saturated rings. The number of aromatic nitrogens is 2. The summed E-state index contributed by atoms with van der Waals surface area (Å²) in [4.78, 5) is 0. The van der Waals surface area contributed by atoms with Crippen molar-refractivity contribution in [2.45, 2.75) is 38.5 Å². The van der Waals surface area contributed by atoms with Crippen LogP contribution in [0.2, 0.25) is 0 Å². The van der Waals surface area contributed by atoms with Crippen molar-refractivity contribution in [3.8, 4) is 6.07 Å². The summed E-state index contributed by atoms with van der Waals surface area (Å²) in [5, 5.41) is 13.7. The molecule has 1 heterocycles. The fraction of sp³-hybridized carbons (Fsp3) is 0.714. The van der Waals surface area contributed by atoms with Gasteiger partial charge >= 0.3 is 0 Å². The highest BCUT2D eigenvalue weighted by Gasteiger charge is 2.50. The third-order valence-electron chi connectivity index (χ3n) is 4.82. The van der Waals surface area contributed by atoms with Gasteiger partial charge in [-0.2, -0.15) is 10.4 Å². The van der Waals surface area contributed by atoms with Crippen molar-refractivity contribution in [2.24, 2.45) is 24.3 Å². The third-order valence-corrected chi connectivity index (χ3v) is 4.82. The van der Waals surface area contributed by atoms with Gasteiger partial charge in [0.1, 0.15) is 0 Å². The Labute approximate surface area is 102 Å². The van der Waals surface area contributed by atoms with E-state index in [9.17, 15) is 5.26 Å². The molecule has 3 unspecified atom stereocenters. The number of aryl methyl sites for hydroxylation is 2. The molecule has 2 saturated carbocycles. The molecule has 1 aromatic rings. The quantitative estimate of drug-likeness (QED) is 0.799. The lowest BCUT2D eigenvalue weighted by atomic mass is 9.71. The summed E-state index contributed by atoms with van der Waals surface area (Å²) in [7, 11) is 1.95. The lowest BCUT2D eigenvalue weighted by molar-refractivity contribution is 0.223. The number of fused-ring (bicyclic) bond motifs is 2. The van der Waals surface area contributed by atoms with Gasteiger partial charge in [0.05, 0.1) is 17.7 Å². The molecule has 0 radical (unpaired) electrons. The van der Waals surface area contributed by atoms with Crippen LogP contribution in [0.4, 0.5) is 0 Å². The molecule has 0 spiro atoms. The standard InChI is InChI=1S/C14H19N3/c1-17-9-12(8-16-17)4-5-14(10-15)7-11-2-3-13(14)6-11/h8-9,11,13H,2-7H2,1H3. The van der Waals surface area contributed by atoms with Crippen molar-refractivity contribution >= 4 is 0 Å². The second kappa shape index (κ2) is 3.87. The highest BCUT2D eigenvalue weighted by molar-refractivity contribution is 5.14. The molecule has 2 aliphatic carbocycles. The second-order valence-corrected chi connectivity index (χ2v) is 5.87. The lowest BCUT2D eigenvalue weighted by Gasteiger charge is -2.30. The Kier molecular flexibility index (Phi) is 2.47. The Bertz CT molecular complexity index is 456. The number of nitrogens with zero attached hydrogens (tertiary/aromatic N) is 3. The number of hydrogen-bond acceptors (Lipinski definition) is 2. The van der Waals surface area contributed by atoms with Crippen molar-refractivity contribution in [3.05, 3.63) is 18.0 Å². The number of hydrogen-bond donors (Lipinski definition) is 0. The molecule has 2 bridgehead atoms. The highest BCUT2D eigenvalue weighted by Crippen LogP contribution is 2.57. The van der Waals surface area contributed by atoms with E-state index in [1.807, 2.05) is 17.9 Å². The van der Waals surface area contributed by atoms with Crippen LogP contribution in [0.15, 0.2) is 12.4 Å². The molecule has 0 aliphatic heterocycles. The summed E-state index contributed by atoms with van der Waals surface area (Å²) in [5.41, 5.74) is 1.25. The number of nitriles is 1. The average molecular weight is 229 g/mol. The molecule has 2 aliphatic rings. The topological polar surface area (TPSA) is 41.6 Å². The molecular weight excluding hydrogens is 210 g/mol. The molecule has 1 aromatic heterocycles. The van der Waals surface area contributed by atoms with Gasteiger partial charge < -0.3 is 0 Å². The summed E-state index contributed by atoms with van der Waals surface area (Å²) < 4.78 is 1.84. The second-order valence-electron chi connectivity index (χ2n) is 5.87. The van der Waals surface area contributed by atoms with Crippen LogP contribution in [-0.2, 0) is 13.5 Å². The lowest BCUT2D eigenvalue weighted by Crippen LogP contribution is -2.26. The van der Waals surface area contributed by atoms with E-state index < -0.39 is 0 Å². The Morgan fingerprint density at radius 2 is 2.47 bits per heavy atom. The van der Waals surface area contributed by atoms with E-state index in [2.05, 4.69) is 17.4 Å². The van der Waals surface area contributed by atoms with Gasteiger partial charge in [0, 0.05) is 13.2 Å². The maximum Gasteiger partial charge on any atom is 0.0692 e. The van der Waals surface area contributed by atoms with E-state index in [-0.39, 0.29) is 5.41 Å². The Morgan fingerprint density at radius 1 is 1.59 bits per heavy atom. The maximum atomic E-state index is 9.55. The van der Waals surface area contributed by atoms with Crippen molar-refractivity contribution in [1.29, 1.82) is 5.26 Å². The first-order chi connectivity index (χ1) is 8.22. The molecule has 0 N–H and O–H groups in total. The fourth-order valence-corrected chi connectivity index (χ4v) is 3.91. The van der Waals surface area contributed by atoms with Crippen molar-refractivity contribution in [3.63, 3.8) is 0 Å². The van der Waals surface area contributed by atoms with E-state index >= 15 is 0 Å². The molecule has 90 valence electrons. The van der Waals surface area contributed by atoms with Crippen LogP contribution in [0.3, 0.4) is 0 Å². The van der Waals surface area contributed by atoms with E-state index in [0.29, 0.717) is 5.92 Å². The zero-order valence-electron chi connectivity index (χ0n) is 10.4. The molecular formula is C14H19N3. The number of rotatable bonds is 3. The van der Waals surface area contributed by atoms with Gasteiger partial charge in [0.15, 0.2) is 0 Å². The molecule has 0 aromatic carbocycles. The Morgan fingerprint density at radius 3 is 3.00 bits per heavy atom. The van der Waals surface area contributed by atoms with Gasteiger partial charge in [-0.1, -0.05) is 6.42 Å². The summed E-state index contributed by atoms with van der Waals surface area (Å²) >= 11 is 0. The zero-order chi connectivity index (χ0) is 11.9. The zero-order valence-corrected chi connectivity index (χ0v) is 10.4. The SMILES string of the molecule is Cn1cc(CCC2(C#N)CC3CCC2C3)cn1. The summed E-state index contributed by atoms with van der Waals surface area (Å²) in [6.45, 7) is 0. The van der Waals surface area contributed by atoms with Crippen molar-refractivity contribution in [1.82, 2.24) is 9.78 Å². The van der Waals surface area contributed by atoms with Crippen LogP contribution in [0.1, 0.15) is 37.7 Å². The average Bonchev–Trinajstić information content (AvgIpc) is 3.01. The molecule has 0 amide bonds. The van der Waals surface area contributed by atoms with Gasteiger partial charge in [-0.3, -0.25) is 4.68 Å². The predicted octanol–water partition coefficient (Wildman–Crippen LogP) is 2.68. The predicted molar refractivity (Wildman–Crippen MR) is 65.0 cm³/mol. The largest absolute Gasteiger partial charge is 0.276 e. The first kappa shape index (κ1) is 10.8. The molecule has 0 saturated heterocycles. The van der Waals surface area contributed by atoms with E-state index in [0.717, 1.165) is 25.2 Å². The summed E-state index contributed by atoms with van der Waals surface area (Å²) in [6, 6.07) is 2.66. The van der Waals surface area contributed by atoms with E-state index in [1.165, 1.54) is 24.8 Å². The van der Waals surface area contributed by atoms with Gasteiger partial charge in [-0.15, -0.1) is 0 Å². The summed E-state index contributed by atoms with van der Waals surface area (Å²) in [6.07, 6.45) is 11.1. The van der Waals surface area contributed by atoms with Crippen LogP contribution in [0.5, 0.6) is 0 Å². The van der Waals surface area contributed by atoms with Crippen LogP contribution in [-0.4, -0.2) is 9.78 Å². The minimum Gasteiger partial charge on any atom is -0.276 e. The van der Waals surface area contributed by atoms with Crippen LogP contribution in [0.25, 0.3) is 0 Å². The maximum absolute atomic E-state index is 9.55. The minimum absolute atomic E-state index is 0.0151. The molecule has 3 atom stereocenters. The van der Waals surface area contributed by atoms with Gasteiger partial charge in [-0.25, -0.2) is 0 Å². The van der Waals surface area contributed by atoms with Gasteiger partial charge in [-0.05, 0) is 49.5 Å². The van der Waals surface area contributed by atoms with Crippen LogP contribution >= 0.6 is 0 Å². The van der Waals surface area contributed by atoms with Crippen LogP contribution in [0, 0.1) is 28.6 Å². The smallest absolute Gasteiger partial charge is 0.0692 e. The van der Waals surface area contributed by atoms with Crippen molar-refractivity contribution in [2.75, 3.05) is 0 Å². The molecule has 17 heavy (non-hydrogen) atoms.